The number of aromatic nitrogens is 4. The zero-order valence-electron chi connectivity index (χ0n) is 14.4. The first-order chi connectivity index (χ1) is 13.1. The summed E-state index contributed by atoms with van der Waals surface area (Å²) in [7, 11) is 1.52. The Kier molecular flexibility index (Phi) is 3.97. The zero-order chi connectivity index (χ0) is 19.0. The second-order valence-corrected chi connectivity index (χ2v) is 5.69. The van der Waals surface area contributed by atoms with Crippen LogP contribution in [0.4, 0.5) is 4.39 Å². The third-order valence-electron chi connectivity index (χ3n) is 3.97. The van der Waals surface area contributed by atoms with Crippen LogP contribution in [0.2, 0.25) is 0 Å². The van der Waals surface area contributed by atoms with E-state index in [0.29, 0.717) is 16.8 Å². The number of H-pyrrole nitrogens is 1. The lowest BCUT2D eigenvalue weighted by Crippen LogP contribution is -2.15. The highest BCUT2D eigenvalue weighted by Crippen LogP contribution is 2.23. The topological polar surface area (TPSA) is 82.0 Å². The lowest BCUT2D eigenvalue weighted by atomic mass is 10.2. The molecule has 1 aliphatic rings. The second kappa shape index (κ2) is 6.46. The molecule has 0 aliphatic heterocycles. The molecule has 7 nitrogen and oxygen atoms in total. The minimum atomic E-state index is -0.726. The number of allylic oxidation sites excluding steroid dienone is 2. The molecule has 134 valence electrons. The Bertz CT molecular complexity index is 1260. The van der Waals surface area contributed by atoms with Gasteiger partial charge in [0.05, 0.1) is 36.2 Å². The number of nitrogens with zero attached hydrogens (tertiary/aromatic N) is 3. The van der Waals surface area contributed by atoms with Crippen LogP contribution in [-0.4, -0.2) is 26.6 Å². The number of imidazole rings is 1. The Balaban J connectivity index is 1.72. The molecule has 0 saturated carbocycles. The standard InChI is InChI=1S/C19H13FN4O3/c1-11-3-4-13(8-17(11)26-2)27-18-14(20)7-12(9-22-18)24-16-5-6-21-10-15(16)23-19(24)25/h5-10H,1-2H3,(H,23,25). The van der Waals surface area contributed by atoms with Gasteiger partial charge in [-0.2, -0.15) is 0 Å². The monoisotopic (exact) mass is 364 g/mol. The van der Waals surface area contributed by atoms with E-state index in [1.165, 1.54) is 30.1 Å². The van der Waals surface area contributed by atoms with Gasteiger partial charge in [0.25, 0.3) is 5.88 Å². The van der Waals surface area contributed by atoms with Crippen LogP contribution in [0.3, 0.4) is 0 Å². The molecule has 0 atom stereocenters. The van der Waals surface area contributed by atoms with Crippen molar-refractivity contribution in [1.29, 1.82) is 0 Å². The van der Waals surface area contributed by atoms with Gasteiger partial charge in [0.15, 0.2) is 11.6 Å². The molecule has 0 bridgehead atoms. The van der Waals surface area contributed by atoms with E-state index in [-0.39, 0.29) is 17.3 Å². The Morgan fingerprint density at radius 3 is 2.93 bits per heavy atom. The van der Waals surface area contributed by atoms with Gasteiger partial charge in [0.1, 0.15) is 5.76 Å². The van der Waals surface area contributed by atoms with Gasteiger partial charge >= 0.3 is 5.69 Å². The highest BCUT2D eigenvalue weighted by Gasteiger charge is 2.15. The fourth-order valence-electron chi connectivity index (χ4n) is 2.68. The summed E-state index contributed by atoms with van der Waals surface area (Å²) in [6, 6.07) is 2.82. The lowest BCUT2D eigenvalue weighted by Gasteiger charge is -2.10. The maximum Gasteiger partial charge on any atom is 0.331 e. The highest BCUT2D eigenvalue weighted by atomic mass is 19.1. The van der Waals surface area contributed by atoms with Crippen molar-refractivity contribution in [3.8, 4) is 11.6 Å². The molecule has 0 radical (unpaired) electrons. The van der Waals surface area contributed by atoms with Crippen molar-refractivity contribution in [2.75, 3.05) is 7.11 Å². The maximum atomic E-state index is 14.5. The Morgan fingerprint density at radius 2 is 2.15 bits per heavy atom. The molecule has 1 N–H and O–H groups in total. The fourth-order valence-corrected chi connectivity index (χ4v) is 2.68. The van der Waals surface area contributed by atoms with Crippen molar-refractivity contribution in [3.05, 3.63) is 81.7 Å². The molecule has 0 fully saturated rings. The van der Waals surface area contributed by atoms with E-state index in [4.69, 9.17) is 9.47 Å². The highest BCUT2D eigenvalue weighted by molar-refractivity contribution is 5.75. The first-order valence-corrected chi connectivity index (χ1v) is 7.94. The number of rotatable bonds is 4. The van der Waals surface area contributed by atoms with Gasteiger partial charge in [-0.15, -0.1) is 0 Å². The van der Waals surface area contributed by atoms with Gasteiger partial charge in [-0.25, -0.2) is 14.2 Å². The number of fused-ring (bicyclic) bond motifs is 1. The van der Waals surface area contributed by atoms with E-state index in [9.17, 15) is 9.18 Å². The Hall–Kier alpha value is -3.86. The third-order valence-corrected chi connectivity index (χ3v) is 3.97. The van der Waals surface area contributed by atoms with Gasteiger partial charge < -0.3 is 14.5 Å². The molecular weight excluding hydrogens is 351 g/mol. The van der Waals surface area contributed by atoms with Crippen LogP contribution in [0, 0.1) is 5.82 Å². The van der Waals surface area contributed by atoms with E-state index < -0.39 is 11.5 Å². The molecule has 1 aliphatic carbocycles. The molecule has 0 spiro atoms. The summed E-state index contributed by atoms with van der Waals surface area (Å²) >= 11 is 0. The fraction of sp³-hybridized carbons (Fsp3) is 0.105. The van der Waals surface area contributed by atoms with Crippen molar-refractivity contribution in [3.63, 3.8) is 0 Å². The Labute approximate surface area is 152 Å². The predicted octanol–water partition coefficient (Wildman–Crippen LogP) is 2.75. The van der Waals surface area contributed by atoms with Crippen molar-refractivity contribution in [1.82, 2.24) is 19.5 Å². The third kappa shape index (κ3) is 2.95. The number of pyridine rings is 2. The van der Waals surface area contributed by atoms with E-state index in [2.05, 4.69) is 26.4 Å². The molecule has 27 heavy (non-hydrogen) atoms. The molecule has 3 heterocycles. The predicted molar refractivity (Wildman–Crippen MR) is 94.9 cm³/mol. The molecule has 0 saturated heterocycles. The minimum Gasteiger partial charge on any atom is -0.496 e. The summed E-state index contributed by atoms with van der Waals surface area (Å²) in [5, 5.41) is 0. The lowest BCUT2D eigenvalue weighted by molar-refractivity contribution is 0.296. The number of ether oxygens (including phenoxy) is 2. The van der Waals surface area contributed by atoms with Crippen LogP contribution in [0.25, 0.3) is 16.7 Å². The van der Waals surface area contributed by atoms with Crippen molar-refractivity contribution < 1.29 is 13.9 Å². The van der Waals surface area contributed by atoms with Crippen LogP contribution in [-0.2, 0) is 4.74 Å². The van der Waals surface area contributed by atoms with Crippen molar-refractivity contribution >= 4 is 11.0 Å². The summed E-state index contributed by atoms with van der Waals surface area (Å²) in [6.07, 6.45) is 5.98. The number of hydrogen-bond donors (Lipinski definition) is 1. The molecule has 0 unspecified atom stereocenters. The van der Waals surface area contributed by atoms with Crippen LogP contribution in [0.15, 0.2) is 70.1 Å². The van der Waals surface area contributed by atoms with Gasteiger partial charge in [0.2, 0.25) is 0 Å². The number of methoxy groups -OCH3 is 1. The molecule has 3 aromatic rings. The largest absolute Gasteiger partial charge is 0.496 e. The van der Waals surface area contributed by atoms with Gasteiger partial charge in [-0.1, -0.05) is 5.73 Å². The molecule has 3 aromatic heterocycles. The van der Waals surface area contributed by atoms with Crippen LogP contribution < -0.4 is 10.4 Å². The van der Waals surface area contributed by atoms with Gasteiger partial charge in [-0.05, 0) is 18.7 Å². The second-order valence-electron chi connectivity index (χ2n) is 5.69. The summed E-state index contributed by atoms with van der Waals surface area (Å²) < 4.78 is 26.5. The summed E-state index contributed by atoms with van der Waals surface area (Å²) in [4.78, 5) is 22.8. The zero-order valence-corrected chi connectivity index (χ0v) is 14.4. The van der Waals surface area contributed by atoms with Gasteiger partial charge in [0, 0.05) is 23.9 Å². The number of hydrogen-bond acceptors (Lipinski definition) is 5. The summed E-state index contributed by atoms with van der Waals surface area (Å²) in [5.74, 6) is -0.216. The van der Waals surface area contributed by atoms with E-state index in [1.54, 1.807) is 25.3 Å². The molecule has 0 aromatic carbocycles. The van der Waals surface area contributed by atoms with Gasteiger partial charge in [-0.3, -0.25) is 9.55 Å². The van der Waals surface area contributed by atoms with E-state index in [1.807, 2.05) is 0 Å². The van der Waals surface area contributed by atoms with Crippen molar-refractivity contribution in [2.24, 2.45) is 0 Å². The smallest absolute Gasteiger partial charge is 0.331 e. The number of nitrogens with one attached hydrogen (secondary N) is 1. The van der Waals surface area contributed by atoms with Crippen LogP contribution in [0.1, 0.15) is 6.92 Å². The molecular formula is C19H13FN4O3. The van der Waals surface area contributed by atoms with Crippen LogP contribution >= 0.6 is 0 Å². The maximum absolute atomic E-state index is 14.5. The Morgan fingerprint density at radius 1 is 1.30 bits per heavy atom. The first kappa shape index (κ1) is 16.6. The molecule has 4 rings (SSSR count). The first-order valence-electron chi connectivity index (χ1n) is 7.94. The normalized spacial score (nSPS) is 13.2. The summed E-state index contributed by atoms with van der Waals surface area (Å²) in [6.45, 7) is 1.81. The van der Waals surface area contributed by atoms with E-state index in [0.717, 1.165) is 5.57 Å². The SMILES string of the molecule is COC1=CC(Oc2ncc(-n3c(=O)[nH]c4cnccc43)cc2F)=C=C=C1C. The minimum absolute atomic E-state index is 0.215. The summed E-state index contributed by atoms with van der Waals surface area (Å²) in [5.41, 5.74) is 7.31. The van der Waals surface area contributed by atoms with Crippen LogP contribution in [0.5, 0.6) is 5.88 Å². The average Bonchev–Trinajstić information content (AvgIpc) is 3.00. The average molecular weight is 364 g/mol. The van der Waals surface area contributed by atoms with E-state index >= 15 is 0 Å². The number of halogens is 1. The quantitative estimate of drug-likeness (QED) is 0.720. The van der Waals surface area contributed by atoms with Crippen molar-refractivity contribution in [2.45, 2.75) is 6.92 Å². The molecule has 8 heteroatoms. The molecule has 0 amide bonds. The number of aromatic amines is 1.